The number of amides is 7. The number of carbonyl (C=O) groups is 6. The Morgan fingerprint density at radius 2 is 1.44 bits per heavy atom. The maximum atomic E-state index is 13.6. The van der Waals surface area contributed by atoms with E-state index < -0.39 is 41.9 Å². The third-order valence-electron chi connectivity index (χ3n) is 8.33. The number of hydrogen-bond donors (Lipinski definition) is 6. The maximum Gasteiger partial charge on any atom is 0.404 e. The van der Waals surface area contributed by atoms with Gasteiger partial charge in [0.25, 0.3) is 0 Å². The molecule has 0 radical (unpaired) electrons. The Morgan fingerprint density at radius 1 is 0.788 bits per heavy atom. The molecule has 7 amide bonds. The lowest BCUT2D eigenvalue weighted by molar-refractivity contribution is -0.132. The van der Waals surface area contributed by atoms with Gasteiger partial charge in [0.05, 0.1) is 6.54 Å². The number of para-hydroxylation sites is 1. The molecule has 0 aliphatic rings. The normalized spacial score (nSPS) is 11.9. The minimum atomic E-state index is -1.04. The van der Waals surface area contributed by atoms with Crippen molar-refractivity contribution in [3.05, 3.63) is 95.1 Å². The van der Waals surface area contributed by atoms with Crippen molar-refractivity contribution in [2.24, 2.45) is 17.4 Å². The second-order valence-electron chi connectivity index (χ2n) is 12.8. The Hall–Kier alpha value is -5.92. The van der Waals surface area contributed by atoms with E-state index in [0.717, 1.165) is 22.4 Å². The van der Waals surface area contributed by atoms with Crippen LogP contribution in [0.5, 0.6) is 0 Å². The summed E-state index contributed by atoms with van der Waals surface area (Å²) in [4.78, 5) is 77.5. The molecule has 8 N–H and O–H groups in total. The number of nitrogens with zero attached hydrogens (tertiary/aromatic N) is 1. The fourth-order valence-electron chi connectivity index (χ4n) is 5.38. The fraction of sp³-hybridized carbons (Fsp3) is 0.368. The van der Waals surface area contributed by atoms with Crippen LogP contribution in [0.4, 0.5) is 21.0 Å². The molecule has 52 heavy (non-hydrogen) atoms. The molecule has 0 saturated carbocycles. The molecule has 0 aliphatic heterocycles. The molecule has 0 heterocycles. The van der Waals surface area contributed by atoms with Gasteiger partial charge in [0, 0.05) is 30.8 Å². The zero-order valence-corrected chi connectivity index (χ0v) is 30.1. The lowest BCUT2D eigenvalue weighted by Crippen LogP contribution is -2.54. The predicted molar refractivity (Wildman–Crippen MR) is 198 cm³/mol. The van der Waals surface area contributed by atoms with Gasteiger partial charge >= 0.3 is 12.1 Å². The van der Waals surface area contributed by atoms with Gasteiger partial charge < -0.3 is 42.4 Å². The van der Waals surface area contributed by atoms with Crippen molar-refractivity contribution < 1.29 is 33.5 Å². The van der Waals surface area contributed by atoms with Crippen LogP contribution in [-0.2, 0) is 37.1 Å². The van der Waals surface area contributed by atoms with Crippen molar-refractivity contribution >= 4 is 47.1 Å². The predicted octanol–water partition coefficient (Wildman–Crippen LogP) is 3.92. The zero-order chi connectivity index (χ0) is 38.2. The van der Waals surface area contributed by atoms with Crippen molar-refractivity contribution in [2.45, 2.75) is 78.6 Å². The van der Waals surface area contributed by atoms with Crippen LogP contribution in [0, 0.1) is 19.8 Å². The van der Waals surface area contributed by atoms with E-state index in [1.807, 2.05) is 62.4 Å². The highest BCUT2D eigenvalue weighted by Crippen LogP contribution is 2.24. The second kappa shape index (κ2) is 20.1. The SMILES string of the molecule is Cc1ccccc1CN(C(=O)CCC(=O)NC(C(=O)NC(CCCNC(N)=O)C(=O)Nc1ccc(COC(N)=O)cc1)C(C)C)c1ccccc1C. The number of urea groups is 1. The van der Waals surface area contributed by atoms with Gasteiger partial charge in [-0.1, -0.05) is 68.4 Å². The molecule has 3 rings (SSSR count). The highest BCUT2D eigenvalue weighted by molar-refractivity contribution is 5.99. The summed E-state index contributed by atoms with van der Waals surface area (Å²) in [5, 5.41) is 10.7. The summed E-state index contributed by atoms with van der Waals surface area (Å²) in [6.07, 6.45) is -0.709. The van der Waals surface area contributed by atoms with Crippen LogP contribution in [0.25, 0.3) is 0 Å². The third kappa shape index (κ3) is 13.1. The number of nitrogens with two attached hydrogens (primary N) is 2. The lowest BCUT2D eigenvalue weighted by Gasteiger charge is -2.27. The number of carbonyl (C=O) groups excluding carboxylic acids is 6. The van der Waals surface area contributed by atoms with Crippen LogP contribution in [0.15, 0.2) is 72.8 Å². The molecule has 3 aromatic rings. The van der Waals surface area contributed by atoms with Gasteiger partial charge in [-0.25, -0.2) is 9.59 Å². The van der Waals surface area contributed by atoms with Crippen LogP contribution >= 0.6 is 0 Å². The van der Waals surface area contributed by atoms with Crippen LogP contribution in [0.1, 0.15) is 61.8 Å². The summed E-state index contributed by atoms with van der Waals surface area (Å²) in [6.45, 7) is 7.89. The van der Waals surface area contributed by atoms with Gasteiger partial charge in [-0.15, -0.1) is 0 Å². The van der Waals surface area contributed by atoms with Crippen LogP contribution in [-0.4, -0.2) is 54.4 Å². The van der Waals surface area contributed by atoms with Crippen LogP contribution < -0.4 is 37.6 Å². The first-order valence-electron chi connectivity index (χ1n) is 17.1. The molecular formula is C38H49N7O7. The summed E-state index contributed by atoms with van der Waals surface area (Å²) >= 11 is 0. The zero-order valence-electron chi connectivity index (χ0n) is 30.1. The Kier molecular flexibility index (Phi) is 15.6. The molecule has 2 atom stereocenters. The number of primary amides is 2. The average Bonchev–Trinajstić information content (AvgIpc) is 3.10. The van der Waals surface area contributed by atoms with E-state index in [1.54, 1.807) is 43.0 Å². The van der Waals surface area contributed by atoms with E-state index in [1.165, 1.54) is 0 Å². The minimum absolute atomic E-state index is 0.0378. The molecule has 3 aromatic carbocycles. The maximum absolute atomic E-state index is 13.6. The lowest BCUT2D eigenvalue weighted by atomic mass is 10.0. The van der Waals surface area contributed by atoms with Crippen LogP contribution in [0.3, 0.4) is 0 Å². The summed E-state index contributed by atoms with van der Waals surface area (Å²) < 4.78 is 4.77. The van der Waals surface area contributed by atoms with Crippen molar-refractivity contribution in [1.29, 1.82) is 0 Å². The van der Waals surface area contributed by atoms with Crippen molar-refractivity contribution in [3.63, 3.8) is 0 Å². The number of benzene rings is 3. The van der Waals surface area contributed by atoms with Gasteiger partial charge in [0.1, 0.15) is 18.7 Å². The fourth-order valence-corrected chi connectivity index (χ4v) is 5.38. The first kappa shape index (κ1) is 40.5. The summed E-state index contributed by atoms with van der Waals surface area (Å²) in [5.74, 6) is -2.21. The molecule has 0 bridgehead atoms. The van der Waals surface area contributed by atoms with Gasteiger partial charge in [0.15, 0.2) is 0 Å². The first-order valence-corrected chi connectivity index (χ1v) is 17.1. The topological polar surface area (TPSA) is 215 Å². The van der Waals surface area contributed by atoms with Gasteiger partial charge in [-0.3, -0.25) is 19.2 Å². The number of ether oxygens (including phenoxy) is 1. The van der Waals surface area contributed by atoms with Gasteiger partial charge in [-0.05, 0) is 73.1 Å². The molecule has 0 aliphatic carbocycles. The highest BCUT2D eigenvalue weighted by atomic mass is 16.5. The van der Waals surface area contributed by atoms with E-state index in [9.17, 15) is 28.8 Å². The first-order chi connectivity index (χ1) is 24.7. The Balaban J connectivity index is 1.68. The molecular weight excluding hydrogens is 666 g/mol. The van der Waals surface area contributed by atoms with Crippen molar-refractivity contribution in [3.8, 4) is 0 Å². The van der Waals surface area contributed by atoms with E-state index in [4.69, 9.17) is 16.2 Å². The summed E-state index contributed by atoms with van der Waals surface area (Å²) in [7, 11) is 0. The molecule has 2 unspecified atom stereocenters. The van der Waals surface area contributed by atoms with E-state index in [2.05, 4.69) is 21.3 Å². The third-order valence-corrected chi connectivity index (χ3v) is 8.33. The van der Waals surface area contributed by atoms with E-state index in [0.29, 0.717) is 24.2 Å². The molecule has 278 valence electrons. The molecule has 14 nitrogen and oxygen atoms in total. The number of aryl methyl sites for hydroxylation is 2. The van der Waals surface area contributed by atoms with E-state index in [-0.39, 0.29) is 44.2 Å². The van der Waals surface area contributed by atoms with Crippen molar-refractivity contribution in [2.75, 3.05) is 16.8 Å². The van der Waals surface area contributed by atoms with Gasteiger partial charge in [-0.2, -0.15) is 0 Å². The molecule has 0 aromatic heterocycles. The average molecular weight is 716 g/mol. The Labute approximate surface area is 304 Å². The Morgan fingerprint density at radius 3 is 2.06 bits per heavy atom. The minimum Gasteiger partial charge on any atom is -0.445 e. The quantitative estimate of drug-likeness (QED) is 0.107. The summed E-state index contributed by atoms with van der Waals surface area (Å²) in [6, 6.07) is 19.1. The summed E-state index contributed by atoms with van der Waals surface area (Å²) in [5.41, 5.74) is 14.9. The number of rotatable bonds is 18. The molecule has 0 saturated heterocycles. The monoisotopic (exact) mass is 715 g/mol. The van der Waals surface area contributed by atoms with Gasteiger partial charge in [0.2, 0.25) is 23.6 Å². The molecule has 0 fully saturated rings. The molecule has 0 spiro atoms. The standard InChI is InChI=1S/C38H49N7O7/c1-24(2)34(44-32(46)19-20-33(47)45(31-14-8-6-11-26(31)4)22-28-12-7-5-10-25(28)3)36(49)43-30(13-9-21-41-37(39)50)35(48)42-29-17-15-27(16-18-29)23-52-38(40)51/h5-8,10-12,14-18,24,30,34H,9,13,19-23H2,1-4H3,(H2,40,51)(H,42,48)(H,43,49)(H,44,46)(H3,39,41,50). The van der Waals surface area contributed by atoms with Crippen molar-refractivity contribution in [1.82, 2.24) is 16.0 Å². The number of nitrogens with one attached hydrogen (secondary N) is 4. The largest absolute Gasteiger partial charge is 0.445 e. The van der Waals surface area contributed by atoms with E-state index >= 15 is 0 Å². The highest BCUT2D eigenvalue weighted by Gasteiger charge is 2.29. The molecule has 14 heteroatoms. The Bertz CT molecular complexity index is 1710. The number of anilines is 2. The second-order valence-corrected chi connectivity index (χ2v) is 12.8. The smallest absolute Gasteiger partial charge is 0.404 e. The number of hydrogen-bond acceptors (Lipinski definition) is 7. The van der Waals surface area contributed by atoms with Crippen LogP contribution in [0.2, 0.25) is 0 Å².